The number of carbonyl (C=O) groups excluding carboxylic acids is 2. The van der Waals surface area contributed by atoms with Crippen molar-refractivity contribution in [1.82, 2.24) is 10.2 Å². The second-order valence-electron chi connectivity index (χ2n) is 6.50. The molecule has 0 aliphatic heterocycles. The second-order valence-corrected chi connectivity index (χ2v) is 6.91. The van der Waals surface area contributed by atoms with Gasteiger partial charge >= 0.3 is 0 Å². The summed E-state index contributed by atoms with van der Waals surface area (Å²) in [5.74, 6) is -0.194. The molecule has 0 aromatic heterocycles. The van der Waals surface area contributed by atoms with E-state index in [1.54, 1.807) is 24.3 Å². The van der Waals surface area contributed by atoms with Gasteiger partial charge in [-0.25, -0.2) is 0 Å². The maximum Gasteiger partial charge on any atom is 0.251 e. The number of carbonyl (C=O) groups is 2. The fourth-order valence-electron chi connectivity index (χ4n) is 2.85. The average molecular weight is 402 g/mol. The van der Waals surface area contributed by atoms with E-state index in [9.17, 15) is 9.59 Å². The zero-order chi connectivity index (χ0) is 20.4. The van der Waals surface area contributed by atoms with E-state index in [4.69, 9.17) is 11.6 Å². The monoisotopic (exact) mass is 401 g/mol. The Labute approximate surface area is 172 Å². The summed E-state index contributed by atoms with van der Waals surface area (Å²) in [5, 5.41) is 6.45. The minimum atomic E-state index is -0.108. The van der Waals surface area contributed by atoms with Crippen LogP contribution in [0.4, 0.5) is 5.69 Å². The molecule has 28 heavy (non-hydrogen) atoms. The van der Waals surface area contributed by atoms with E-state index in [2.05, 4.69) is 29.4 Å². The number of benzene rings is 2. The van der Waals surface area contributed by atoms with Crippen LogP contribution in [0.1, 0.15) is 36.2 Å². The molecular formula is C22H28ClN3O2. The molecule has 0 radical (unpaired) electrons. The van der Waals surface area contributed by atoms with Crippen LogP contribution in [0.3, 0.4) is 0 Å². The molecule has 2 aromatic carbocycles. The van der Waals surface area contributed by atoms with Crippen LogP contribution < -0.4 is 10.6 Å². The molecule has 2 rings (SSSR count). The molecule has 0 bridgehead atoms. The summed E-state index contributed by atoms with van der Waals surface area (Å²) in [6.45, 7) is 7.59. The predicted molar refractivity (Wildman–Crippen MR) is 115 cm³/mol. The van der Waals surface area contributed by atoms with Gasteiger partial charge in [-0.15, -0.1) is 0 Å². The van der Waals surface area contributed by atoms with Crippen molar-refractivity contribution in [1.29, 1.82) is 0 Å². The third-order valence-corrected chi connectivity index (χ3v) is 4.99. The van der Waals surface area contributed by atoms with Crippen molar-refractivity contribution in [2.75, 3.05) is 31.5 Å². The van der Waals surface area contributed by atoms with Gasteiger partial charge in [0.1, 0.15) is 0 Å². The number of anilines is 1. The predicted octanol–water partition coefficient (Wildman–Crippen LogP) is 3.98. The Balaban J connectivity index is 1.79. The van der Waals surface area contributed by atoms with E-state index in [1.807, 2.05) is 24.3 Å². The Kier molecular flexibility index (Phi) is 8.98. The SMILES string of the molecule is CCN(CC)CCNC(=O)c1ccc(NC(=O)CCc2ccccc2Cl)cc1. The summed E-state index contributed by atoms with van der Waals surface area (Å²) < 4.78 is 0. The molecular weight excluding hydrogens is 374 g/mol. The highest BCUT2D eigenvalue weighted by Crippen LogP contribution is 2.17. The largest absolute Gasteiger partial charge is 0.351 e. The number of nitrogens with zero attached hydrogens (tertiary/aromatic N) is 1. The van der Waals surface area contributed by atoms with Crippen LogP contribution in [-0.2, 0) is 11.2 Å². The Bertz CT molecular complexity index is 774. The Morgan fingerprint density at radius 3 is 2.32 bits per heavy atom. The fraction of sp³-hybridized carbons (Fsp3) is 0.364. The van der Waals surface area contributed by atoms with E-state index < -0.39 is 0 Å². The van der Waals surface area contributed by atoms with Crippen LogP contribution in [0, 0.1) is 0 Å². The van der Waals surface area contributed by atoms with Gasteiger partial charge in [0.05, 0.1) is 0 Å². The quantitative estimate of drug-likeness (QED) is 0.633. The van der Waals surface area contributed by atoms with Crippen LogP contribution in [0.5, 0.6) is 0 Å². The average Bonchev–Trinajstić information content (AvgIpc) is 2.71. The molecule has 0 saturated carbocycles. The molecule has 0 saturated heterocycles. The smallest absolute Gasteiger partial charge is 0.251 e. The molecule has 2 amide bonds. The maximum atomic E-state index is 12.2. The molecule has 0 spiro atoms. The Hall–Kier alpha value is -2.37. The fourth-order valence-corrected chi connectivity index (χ4v) is 3.08. The number of hydrogen-bond acceptors (Lipinski definition) is 3. The molecule has 0 fully saturated rings. The number of hydrogen-bond donors (Lipinski definition) is 2. The summed E-state index contributed by atoms with van der Waals surface area (Å²) in [5.41, 5.74) is 2.20. The molecule has 2 N–H and O–H groups in total. The van der Waals surface area contributed by atoms with E-state index in [0.717, 1.165) is 25.2 Å². The van der Waals surface area contributed by atoms with Crippen LogP contribution in [0.2, 0.25) is 5.02 Å². The third-order valence-electron chi connectivity index (χ3n) is 4.62. The van der Waals surface area contributed by atoms with Gasteiger partial charge in [0.2, 0.25) is 5.91 Å². The van der Waals surface area contributed by atoms with Crippen LogP contribution in [0.25, 0.3) is 0 Å². The number of halogens is 1. The van der Waals surface area contributed by atoms with E-state index in [-0.39, 0.29) is 11.8 Å². The summed E-state index contributed by atoms with van der Waals surface area (Å²) in [4.78, 5) is 26.6. The van der Waals surface area contributed by atoms with Crippen molar-refractivity contribution < 1.29 is 9.59 Å². The normalized spacial score (nSPS) is 10.7. The topological polar surface area (TPSA) is 61.4 Å². The summed E-state index contributed by atoms with van der Waals surface area (Å²) in [7, 11) is 0. The summed E-state index contributed by atoms with van der Waals surface area (Å²) in [6, 6.07) is 14.4. The number of likely N-dealkylation sites (N-methyl/N-ethyl adjacent to an activating group) is 1. The molecule has 0 heterocycles. The van der Waals surface area contributed by atoms with Gasteiger partial charge in [0.15, 0.2) is 0 Å². The van der Waals surface area contributed by atoms with E-state index >= 15 is 0 Å². The number of nitrogens with one attached hydrogen (secondary N) is 2. The zero-order valence-corrected chi connectivity index (χ0v) is 17.3. The van der Waals surface area contributed by atoms with Crippen molar-refractivity contribution in [3.05, 3.63) is 64.7 Å². The third kappa shape index (κ3) is 6.98. The molecule has 6 heteroatoms. The maximum absolute atomic E-state index is 12.2. The lowest BCUT2D eigenvalue weighted by Gasteiger charge is -2.18. The number of amides is 2. The summed E-state index contributed by atoms with van der Waals surface area (Å²) >= 11 is 6.11. The second kappa shape index (κ2) is 11.5. The minimum absolute atomic E-state index is 0.0867. The minimum Gasteiger partial charge on any atom is -0.351 e. The Morgan fingerprint density at radius 1 is 1.00 bits per heavy atom. The molecule has 0 unspecified atom stereocenters. The molecule has 2 aromatic rings. The van der Waals surface area contributed by atoms with Crippen molar-refractivity contribution in [3.63, 3.8) is 0 Å². The van der Waals surface area contributed by atoms with Gasteiger partial charge in [-0.2, -0.15) is 0 Å². The number of rotatable bonds is 10. The Morgan fingerprint density at radius 2 is 1.68 bits per heavy atom. The molecule has 150 valence electrons. The van der Waals surface area contributed by atoms with Crippen LogP contribution in [0.15, 0.2) is 48.5 Å². The highest BCUT2D eigenvalue weighted by atomic mass is 35.5. The zero-order valence-electron chi connectivity index (χ0n) is 16.5. The standard InChI is InChI=1S/C22H28ClN3O2/c1-3-26(4-2)16-15-24-22(28)18-9-12-19(13-10-18)25-21(27)14-11-17-7-5-6-8-20(17)23/h5-10,12-13H,3-4,11,14-16H2,1-2H3,(H,24,28)(H,25,27). The van der Waals surface area contributed by atoms with Gasteiger partial charge in [-0.3, -0.25) is 9.59 Å². The van der Waals surface area contributed by atoms with E-state index in [1.165, 1.54) is 0 Å². The van der Waals surface area contributed by atoms with Gasteiger partial charge < -0.3 is 15.5 Å². The highest BCUT2D eigenvalue weighted by Gasteiger charge is 2.08. The lowest BCUT2D eigenvalue weighted by molar-refractivity contribution is -0.116. The van der Waals surface area contributed by atoms with Crippen molar-refractivity contribution in [2.45, 2.75) is 26.7 Å². The van der Waals surface area contributed by atoms with Gasteiger partial charge in [-0.05, 0) is 55.4 Å². The number of aryl methyl sites for hydroxylation is 1. The first-order valence-corrected chi connectivity index (χ1v) is 10.0. The van der Waals surface area contributed by atoms with E-state index in [0.29, 0.717) is 35.7 Å². The first-order chi connectivity index (χ1) is 13.5. The van der Waals surface area contributed by atoms with Gasteiger partial charge in [0, 0.05) is 35.8 Å². The molecule has 5 nitrogen and oxygen atoms in total. The molecule has 0 aliphatic carbocycles. The first kappa shape index (κ1) is 21.9. The lowest BCUT2D eigenvalue weighted by Crippen LogP contribution is -2.34. The molecule has 0 atom stereocenters. The van der Waals surface area contributed by atoms with Crippen molar-refractivity contribution in [3.8, 4) is 0 Å². The van der Waals surface area contributed by atoms with Crippen LogP contribution in [-0.4, -0.2) is 42.9 Å². The summed E-state index contributed by atoms with van der Waals surface area (Å²) in [6.07, 6.45) is 0.926. The van der Waals surface area contributed by atoms with Crippen molar-refractivity contribution >= 4 is 29.1 Å². The van der Waals surface area contributed by atoms with Gasteiger partial charge in [0.25, 0.3) is 5.91 Å². The molecule has 0 aliphatic rings. The van der Waals surface area contributed by atoms with Crippen molar-refractivity contribution in [2.24, 2.45) is 0 Å². The highest BCUT2D eigenvalue weighted by molar-refractivity contribution is 6.31. The first-order valence-electron chi connectivity index (χ1n) is 9.67. The van der Waals surface area contributed by atoms with Gasteiger partial charge in [-0.1, -0.05) is 43.6 Å². The lowest BCUT2D eigenvalue weighted by atomic mass is 10.1. The van der Waals surface area contributed by atoms with Crippen LogP contribution >= 0.6 is 11.6 Å².